The molecule has 7 aromatic rings. The lowest BCUT2D eigenvalue weighted by Crippen LogP contribution is -2.22. The number of fused-ring (bicyclic) bond motifs is 7. The summed E-state index contributed by atoms with van der Waals surface area (Å²) in [6, 6.07) is 27.2. The van der Waals surface area contributed by atoms with E-state index in [1.165, 1.54) is 23.0 Å². The topological polar surface area (TPSA) is 126 Å². The molecule has 1 aliphatic heterocycles. The van der Waals surface area contributed by atoms with Gasteiger partial charge in [0.05, 0.1) is 27.4 Å². The van der Waals surface area contributed by atoms with Crippen molar-refractivity contribution < 1.29 is 14.1 Å². The van der Waals surface area contributed by atoms with Crippen LogP contribution < -0.4 is 10.4 Å². The lowest BCUT2D eigenvalue weighted by Gasteiger charge is -2.27. The molecule has 0 bridgehead atoms. The first-order chi connectivity index (χ1) is 20.0. The van der Waals surface area contributed by atoms with Crippen LogP contribution in [0.3, 0.4) is 0 Å². The maximum atomic E-state index is 13.5. The molecule has 0 amide bonds. The molecular weight excluding hydrogens is 522 g/mol. The summed E-state index contributed by atoms with van der Waals surface area (Å²) in [5, 5.41) is 19.1. The van der Waals surface area contributed by atoms with E-state index in [0.717, 1.165) is 16.3 Å². The normalized spacial score (nSPS) is 14.1. The Labute approximate surface area is 230 Å². The van der Waals surface area contributed by atoms with Crippen LogP contribution in [0.25, 0.3) is 38.8 Å². The van der Waals surface area contributed by atoms with Crippen molar-refractivity contribution in [1.29, 1.82) is 0 Å². The SMILES string of the molecule is O=c1oc2ccccc2c2c1C(c1cccc([N+](=O)[O-])c1)c1c(ncn3nc(-c4ccc5ccccc5c4)nc13)O2. The van der Waals surface area contributed by atoms with Crippen molar-refractivity contribution in [2.24, 2.45) is 0 Å². The van der Waals surface area contributed by atoms with E-state index in [9.17, 15) is 14.9 Å². The predicted molar refractivity (Wildman–Crippen MR) is 150 cm³/mol. The zero-order valence-corrected chi connectivity index (χ0v) is 21.1. The summed E-state index contributed by atoms with van der Waals surface area (Å²) in [6.07, 6.45) is 1.51. The van der Waals surface area contributed by atoms with Crippen molar-refractivity contribution in [2.45, 2.75) is 5.92 Å². The number of nitrogens with zero attached hydrogens (tertiary/aromatic N) is 5. The lowest BCUT2D eigenvalue weighted by atomic mass is 9.84. The Hall–Kier alpha value is -5.90. The average Bonchev–Trinajstić information content (AvgIpc) is 3.45. The molecule has 196 valence electrons. The number of aromatic nitrogens is 4. The number of benzene rings is 4. The number of non-ortho nitro benzene ring substituents is 1. The molecule has 3 aromatic heterocycles. The van der Waals surface area contributed by atoms with Crippen molar-refractivity contribution in [3.05, 3.63) is 135 Å². The van der Waals surface area contributed by atoms with E-state index in [-0.39, 0.29) is 17.1 Å². The van der Waals surface area contributed by atoms with Gasteiger partial charge in [0.2, 0.25) is 5.88 Å². The van der Waals surface area contributed by atoms with Gasteiger partial charge in [-0.2, -0.15) is 0 Å². The summed E-state index contributed by atoms with van der Waals surface area (Å²) in [4.78, 5) is 34.2. The maximum Gasteiger partial charge on any atom is 0.344 e. The van der Waals surface area contributed by atoms with Crippen molar-refractivity contribution >= 4 is 33.1 Å². The highest BCUT2D eigenvalue weighted by Crippen LogP contribution is 2.49. The Balaban J connectivity index is 1.41. The van der Waals surface area contributed by atoms with Crippen LogP contribution in [-0.2, 0) is 0 Å². The molecule has 10 nitrogen and oxygen atoms in total. The van der Waals surface area contributed by atoms with Crippen molar-refractivity contribution in [2.75, 3.05) is 0 Å². The summed E-state index contributed by atoms with van der Waals surface area (Å²) in [7, 11) is 0. The summed E-state index contributed by atoms with van der Waals surface area (Å²) >= 11 is 0. The Kier molecular flexibility index (Phi) is 4.80. The fourth-order valence-corrected chi connectivity index (χ4v) is 5.53. The number of hydrogen-bond donors (Lipinski definition) is 0. The molecule has 4 heterocycles. The second-order valence-electron chi connectivity index (χ2n) is 9.74. The van der Waals surface area contributed by atoms with E-state index in [1.54, 1.807) is 30.3 Å². The number of rotatable bonds is 3. The molecule has 0 saturated carbocycles. The van der Waals surface area contributed by atoms with Gasteiger partial charge in [0.25, 0.3) is 5.69 Å². The highest BCUT2D eigenvalue weighted by atomic mass is 16.6. The number of hydrogen-bond acceptors (Lipinski definition) is 8. The standard InChI is InChI=1S/C31H17N5O5/c37-31-25-24(19-8-5-9-21(15-19)36(38)39)26-29-33-28(20-13-12-17-6-1-2-7-18(17)14-20)34-35(29)16-32-30(26)41-27(25)22-10-3-4-11-23(22)40-31/h1-16,24H. The Morgan fingerprint density at radius 2 is 1.71 bits per heavy atom. The predicted octanol–water partition coefficient (Wildman–Crippen LogP) is 6.25. The van der Waals surface area contributed by atoms with Crippen LogP contribution >= 0.6 is 0 Å². The molecule has 0 aliphatic carbocycles. The molecule has 0 spiro atoms. The quantitative estimate of drug-likeness (QED) is 0.147. The zero-order chi connectivity index (χ0) is 27.7. The van der Waals surface area contributed by atoms with E-state index < -0.39 is 16.5 Å². The number of nitro benzene ring substituents is 1. The minimum Gasteiger partial charge on any atom is -0.437 e. The van der Waals surface area contributed by atoms with Crippen LogP contribution in [0, 0.1) is 10.1 Å². The van der Waals surface area contributed by atoms with Gasteiger partial charge in [0.15, 0.2) is 17.2 Å². The maximum absolute atomic E-state index is 13.5. The van der Waals surface area contributed by atoms with Crippen molar-refractivity contribution in [1.82, 2.24) is 19.6 Å². The highest BCUT2D eigenvalue weighted by molar-refractivity contribution is 5.88. The summed E-state index contributed by atoms with van der Waals surface area (Å²) in [6.45, 7) is 0. The van der Waals surface area contributed by atoms with E-state index in [2.05, 4.69) is 10.1 Å². The van der Waals surface area contributed by atoms with Crippen molar-refractivity contribution in [3.8, 4) is 23.0 Å². The van der Waals surface area contributed by atoms with Gasteiger partial charge in [0.1, 0.15) is 11.9 Å². The first-order valence-corrected chi connectivity index (χ1v) is 12.8. The van der Waals surface area contributed by atoms with Crippen LogP contribution in [0.15, 0.2) is 107 Å². The second kappa shape index (κ2) is 8.55. The van der Waals surface area contributed by atoms with Gasteiger partial charge in [-0.25, -0.2) is 19.3 Å². The zero-order valence-electron chi connectivity index (χ0n) is 21.1. The second-order valence-corrected chi connectivity index (χ2v) is 9.74. The molecule has 1 aliphatic rings. The Morgan fingerprint density at radius 3 is 2.59 bits per heavy atom. The number of ether oxygens (including phenoxy) is 1. The molecule has 4 aromatic carbocycles. The first-order valence-electron chi connectivity index (χ1n) is 12.8. The van der Waals surface area contributed by atoms with Gasteiger partial charge in [0, 0.05) is 17.7 Å². The number of nitro groups is 1. The first kappa shape index (κ1) is 23.0. The summed E-state index contributed by atoms with van der Waals surface area (Å²) in [5.41, 5.74) is 2.02. The van der Waals surface area contributed by atoms with E-state index in [1.807, 2.05) is 48.5 Å². The molecular formula is C31H17N5O5. The molecule has 0 radical (unpaired) electrons. The van der Waals surface area contributed by atoms with Crippen LogP contribution in [0.5, 0.6) is 11.6 Å². The minimum absolute atomic E-state index is 0.111. The number of para-hydroxylation sites is 1. The molecule has 0 saturated heterocycles. The Morgan fingerprint density at radius 1 is 0.878 bits per heavy atom. The van der Waals surface area contributed by atoms with Crippen LogP contribution in [0.4, 0.5) is 5.69 Å². The van der Waals surface area contributed by atoms with Gasteiger partial charge in [-0.3, -0.25) is 10.1 Å². The molecule has 0 fully saturated rings. The molecule has 0 N–H and O–H groups in total. The molecule has 8 rings (SSSR count). The van der Waals surface area contributed by atoms with Gasteiger partial charge >= 0.3 is 5.63 Å². The average molecular weight is 540 g/mol. The summed E-state index contributed by atoms with van der Waals surface area (Å²) in [5.74, 6) is 0.168. The van der Waals surface area contributed by atoms with Gasteiger partial charge in [-0.05, 0) is 34.5 Å². The molecule has 1 atom stereocenters. The van der Waals surface area contributed by atoms with Gasteiger partial charge in [-0.1, -0.05) is 60.7 Å². The highest BCUT2D eigenvalue weighted by Gasteiger charge is 2.38. The van der Waals surface area contributed by atoms with Crippen LogP contribution in [0.2, 0.25) is 0 Å². The van der Waals surface area contributed by atoms with Crippen LogP contribution in [0.1, 0.15) is 22.6 Å². The molecule has 1 unspecified atom stereocenters. The molecule has 10 heteroatoms. The smallest absolute Gasteiger partial charge is 0.344 e. The van der Waals surface area contributed by atoms with Gasteiger partial charge in [-0.15, -0.1) is 5.10 Å². The molecule has 41 heavy (non-hydrogen) atoms. The third-order valence-corrected chi connectivity index (χ3v) is 7.38. The lowest BCUT2D eigenvalue weighted by molar-refractivity contribution is -0.384. The monoisotopic (exact) mass is 539 g/mol. The largest absolute Gasteiger partial charge is 0.437 e. The minimum atomic E-state index is -0.820. The van der Waals surface area contributed by atoms with Gasteiger partial charge < -0.3 is 9.15 Å². The van der Waals surface area contributed by atoms with E-state index >= 15 is 0 Å². The fourth-order valence-electron chi connectivity index (χ4n) is 5.53. The Bertz CT molecular complexity index is 2270. The van der Waals surface area contributed by atoms with E-state index in [0.29, 0.717) is 39.3 Å². The van der Waals surface area contributed by atoms with Crippen molar-refractivity contribution in [3.63, 3.8) is 0 Å². The van der Waals surface area contributed by atoms with E-state index in [4.69, 9.17) is 14.1 Å². The third kappa shape index (κ3) is 3.51. The third-order valence-electron chi connectivity index (χ3n) is 7.38. The summed E-state index contributed by atoms with van der Waals surface area (Å²) < 4.78 is 13.5. The fraction of sp³-hybridized carbons (Fsp3) is 0.0323. The van der Waals surface area contributed by atoms with Crippen LogP contribution in [-0.4, -0.2) is 24.5 Å².